The Kier molecular flexibility index (Phi) is 2.17. The largest absolute Gasteiger partial charge is 0.480 e. The van der Waals surface area contributed by atoms with E-state index in [2.05, 4.69) is 5.32 Å². The minimum Gasteiger partial charge on any atom is -0.480 e. The van der Waals surface area contributed by atoms with Crippen molar-refractivity contribution in [3.05, 3.63) is 12.2 Å². The maximum absolute atomic E-state index is 10.9. The number of hydrogen-bond donors (Lipinski definition) is 2. The first kappa shape index (κ1) is 8.77. The van der Waals surface area contributed by atoms with E-state index in [1.165, 1.54) is 6.08 Å². The Morgan fingerprint density at radius 1 is 1.50 bits per heavy atom. The number of carbonyl (C=O) groups is 2. The molecule has 1 aliphatic rings. The van der Waals surface area contributed by atoms with Crippen LogP contribution < -0.4 is 5.32 Å². The van der Waals surface area contributed by atoms with Crippen LogP contribution in [0.3, 0.4) is 0 Å². The van der Waals surface area contributed by atoms with Crippen LogP contribution in [-0.4, -0.2) is 22.5 Å². The lowest BCUT2D eigenvalue weighted by molar-refractivity contribution is -0.142. The molecule has 1 fully saturated rings. The van der Waals surface area contributed by atoms with Crippen molar-refractivity contribution in [3.8, 4) is 0 Å². The summed E-state index contributed by atoms with van der Waals surface area (Å²) in [5, 5.41) is 11.1. The van der Waals surface area contributed by atoms with E-state index in [4.69, 9.17) is 5.11 Å². The standard InChI is InChI=1S/C8H11NO3/c1-2-3-6(10)9-8(4-5-8)7(11)12/h2-3H,4-5H2,1H3,(H,9,10)(H,11,12). The van der Waals surface area contributed by atoms with E-state index in [0.717, 1.165) is 0 Å². The third kappa shape index (κ3) is 1.64. The summed E-state index contributed by atoms with van der Waals surface area (Å²) in [4.78, 5) is 21.5. The molecule has 1 saturated carbocycles. The lowest BCUT2D eigenvalue weighted by atomic mass is 10.2. The summed E-state index contributed by atoms with van der Waals surface area (Å²) in [5.41, 5.74) is -0.962. The lowest BCUT2D eigenvalue weighted by Crippen LogP contribution is -2.42. The van der Waals surface area contributed by atoms with Gasteiger partial charge < -0.3 is 10.4 Å². The van der Waals surface area contributed by atoms with E-state index in [-0.39, 0.29) is 5.91 Å². The SMILES string of the molecule is CC=CC(=O)NC1(C(=O)O)CC1. The molecule has 0 aromatic carbocycles. The van der Waals surface area contributed by atoms with Crippen LogP contribution in [0.1, 0.15) is 19.8 Å². The molecule has 0 radical (unpaired) electrons. The Bertz CT molecular complexity index is 241. The smallest absolute Gasteiger partial charge is 0.329 e. The topological polar surface area (TPSA) is 66.4 Å². The lowest BCUT2D eigenvalue weighted by Gasteiger charge is -2.09. The highest BCUT2D eigenvalue weighted by molar-refractivity contribution is 5.94. The first-order chi connectivity index (χ1) is 5.60. The van der Waals surface area contributed by atoms with E-state index in [0.29, 0.717) is 12.8 Å². The van der Waals surface area contributed by atoms with Crippen molar-refractivity contribution < 1.29 is 14.7 Å². The summed E-state index contributed by atoms with van der Waals surface area (Å²) in [6.07, 6.45) is 3.97. The summed E-state index contributed by atoms with van der Waals surface area (Å²) in [5.74, 6) is -1.28. The van der Waals surface area contributed by atoms with Gasteiger partial charge in [0.05, 0.1) is 0 Å². The van der Waals surface area contributed by atoms with Crippen molar-refractivity contribution in [2.45, 2.75) is 25.3 Å². The van der Waals surface area contributed by atoms with Crippen molar-refractivity contribution in [2.75, 3.05) is 0 Å². The van der Waals surface area contributed by atoms with Gasteiger partial charge in [-0.2, -0.15) is 0 Å². The minimum absolute atomic E-state index is 0.336. The number of carboxylic acid groups (broad SMARTS) is 1. The molecule has 12 heavy (non-hydrogen) atoms. The molecule has 0 aromatic rings. The highest BCUT2D eigenvalue weighted by Crippen LogP contribution is 2.35. The number of carboxylic acids is 1. The average molecular weight is 169 g/mol. The Hall–Kier alpha value is -1.32. The van der Waals surface area contributed by atoms with Crippen LogP contribution in [0.4, 0.5) is 0 Å². The fourth-order valence-electron chi connectivity index (χ4n) is 0.946. The molecule has 0 bridgehead atoms. The first-order valence-corrected chi connectivity index (χ1v) is 3.79. The molecule has 1 aliphatic carbocycles. The zero-order chi connectivity index (χ0) is 9.19. The molecule has 0 aliphatic heterocycles. The normalized spacial score (nSPS) is 19.1. The van der Waals surface area contributed by atoms with Gasteiger partial charge >= 0.3 is 5.97 Å². The molecular formula is C8H11NO3. The van der Waals surface area contributed by atoms with Crippen molar-refractivity contribution in [1.29, 1.82) is 0 Å². The first-order valence-electron chi connectivity index (χ1n) is 3.79. The van der Waals surface area contributed by atoms with Gasteiger partial charge in [0.25, 0.3) is 0 Å². The van der Waals surface area contributed by atoms with Crippen molar-refractivity contribution >= 4 is 11.9 Å². The van der Waals surface area contributed by atoms with E-state index in [1.54, 1.807) is 13.0 Å². The molecule has 1 rings (SSSR count). The second-order valence-electron chi connectivity index (χ2n) is 2.88. The van der Waals surface area contributed by atoms with Gasteiger partial charge in [-0.3, -0.25) is 4.79 Å². The average Bonchev–Trinajstić information content (AvgIpc) is 2.69. The predicted molar refractivity (Wildman–Crippen MR) is 42.6 cm³/mol. The second kappa shape index (κ2) is 2.97. The number of amides is 1. The molecule has 0 saturated heterocycles. The third-order valence-corrected chi connectivity index (χ3v) is 1.84. The summed E-state index contributed by atoms with van der Waals surface area (Å²) in [6, 6.07) is 0. The molecule has 66 valence electrons. The number of hydrogen-bond acceptors (Lipinski definition) is 2. The molecular weight excluding hydrogens is 158 g/mol. The molecule has 4 nitrogen and oxygen atoms in total. The van der Waals surface area contributed by atoms with Gasteiger partial charge in [0.2, 0.25) is 5.91 Å². The Morgan fingerprint density at radius 3 is 2.42 bits per heavy atom. The second-order valence-corrected chi connectivity index (χ2v) is 2.88. The number of nitrogens with one attached hydrogen (secondary N) is 1. The zero-order valence-corrected chi connectivity index (χ0v) is 6.83. The number of allylic oxidation sites excluding steroid dienone is 1. The molecule has 0 atom stereocenters. The summed E-state index contributed by atoms with van der Waals surface area (Å²) >= 11 is 0. The van der Waals surface area contributed by atoms with Crippen molar-refractivity contribution in [2.24, 2.45) is 0 Å². The Labute approximate surface area is 70.3 Å². The molecule has 4 heteroatoms. The van der Waals surface area contributed by atoms with Gasteiger partial charge in [0, 0.05) is 0 Å². The van der Waals surface area contributed by atoms with Crippen molar-refractivity contribution in [1.82, 2.24) is 5.32 Å². The van der Waals surface area contributed by atoms with E-state index < -0.39 is 11.5 Å². The highest BCUT2D eigenvalue weighted by Gasteiger charge is 2.51. The quantitative estimate of drug-likeness (QED) is 0.597. The number of rotatable bonds is 3. The number of carbonyl (C=O) groups excluding carboxylic acids is 1. The van der Waals surface area contributed by atoms with Crippen LogP contribution in [0.25, 0.3) is 0 Å². The van der Waals surface area contributed by atoms with Crippen LogP contribution in [0.2, 0.25) is 0 Å². The monoisotopic (exact) mass is 169 g/mol. The van der Waals surface area contributed by atoms with Gasteiger partial charge in [-0.15, -0.1) is 0 Å². The summed E-state index contributed by atoms with van der Waals surface area (Å²) < 4.78 is 0. The minimum atomic E-state index is -0.962. The van der Waals surface area contributed by atoms with Gasteiger partial charge in [0.15, 0.2) is 0 Å². The van der Waals surface area contributed by atoms with Crippen LogP contribution in [0.15, 0.2) is 12.2 Å². The Balaban J connectivity index is 2.51. The summed E-state index contributed by atoms with van der Waals surface area (Å²) in [7, 11) is 0. The molecule has 2 N–H and O–H groups in total. The van der Waals surface area contributed by atoms with Gasteiger partial charge in [-0.05, 0) is 25.8 Å². The maximum atomic E-state index is 10.9. The number of aliphatic carboxylic acids is 1. The molecule has 0 spiro atoms. The fourth-order valence-corrected chi connectivity index (χ4v) is 0.946. The molecule has 0 unspecified atom stereocenters. The third-order valence-electron chi connectivity index (χ3n) is 1.84. The van der Waals surface area contributed by atoms with Crippen molar-refractivity contribution in [3.63, 3.8) is 0 Å². The van der Waals surface area contributed by atoms with E-state index >= 15 is 0 Å². The molecule has 1 amide bonds. The van der Waals surface area contributed by atoms with Gasteiger partial charge in [0.1, 0.15) is 5.54 Å². The zero-order valence-electron chi connectivity index (χ0n) is 6.83. The van der Waals surface area contributed by atoms with Crippen LogP contribution in [0, 0.1) is 0 Å². The fraction of sp³-hybridized carbons (Fsp3) is 0.500. The maximum Gasteiger partial charge on any atom is 0.329 e. The predicted octanol–water partition coefficient (Wildman–Crippen LogP) is 0.296. The van der Waals surface area contributed by atoms with Gasteiger partial charge in [-0.1, -0.05) is 6.08 Å². The van der Waals surface area contributed by atoms with E-state index in [9.17, 15) is 9.59 Å². The Morgan fingerprint density at radius 2 is 2.08 bits per heavy atom. The molecule has 0 heterocycles. The van der Waals surface area contributed by atoms with Gasteiger partial charge in [-0.25, -0.2) is 4.79 Å². The van der Waals surface area contributed by atoms with E-state index in [1.807, 2.05) is 0 Å². The van der Waals surface area contributed by atoms with Crippen LogP contribution in [0.5, 0.6) is 0 Å². The summed E-state index contributed by atoms with van der Waals surface area (Å²) in [6.45, 7) is 1.71. The van der Waals surface area contributed by atoms with Crippen LogP contribution in [-0.2, 0) is 9.59 Å². The molecule has 0 aromatic heterocycles. The highest BCUT2D eigenvalue weighted by atomic mass is 16.4. The van der Waals surface area contributed by atoms with Crippen LogP contribution >= 0.6 is 0 Å².